The van der Waals surface area contributed by atoms with Gasteiger partial charge in [0, 0.05) is 49.4 Å². The summed E-state index contributed by atoms with van der Waals surface area (Å²) in [6.07, 6.45) is 0. The van der Waals surface area contributed by atoms with Crippen molar-refractivity contribution < 1.29 is 4.42 Å². The number of para-hydroxylation sites is 4. The lowest BCUT2D eigenvalue weighted by atomic mass is 9.96. The van der Waals surface area contributed by atoms with Crippen molar-refractivity contribution in [2.45, 2.75) is 6.92 Å². The molecule has 0 aliphatic heterocycles. The third kappa shape index (κ3) is 4.99. The van der Waals surface area contributed by atoms with Gasteiger partial charge in [-0.1, -0.05) is 121 Å². The molecule has 12 aromatic rings. The number of hydrogen-bond acceptors (Lipinski definition) is 3. The van der Waals surface area contributed by atoms with Crippen molar-refractivity contribution in [1.29, 1.82) is 5.41 Å². The second kappa shape index (κ2) is 12.7. The maximum atomic E-state index is 8.13. The van der Waals surface area contributed by atoms with Crippen LogP contribution in [-0.4, -0.2) is 9.13 Å². The highest BCUT2D eigenvalue weighted by Gasteiger charge is 2.19. The van der Waals surface area contributed by atoms with Crippen molar-refractivity contribution in [2.75, 3.05) is 5.73 Å². The fourth-order valence-electron chi connectivity index (χ4n) is 8.88. The van der Waals surface area contributed by atoms with E-state index in [9.17, 15) is 0 Å². The Morgan fingerprint density at radius 3 is 1.75 bits per heavy atom. The van der Waals surface area contributed by atoms with E-state index in [1.54, 1.807) is 6.07 Å². The van der Waals surface area contributed by atoms with Crippen LogP contribution in [0, 0.1) is 12.3 Å². The van der Waals surface area contributed by atoms with Crippen molar-refractivity contribution in [3.05, 3.63) is 193 Å². The minimum absolute atomic E-state index is 0.426. The molecule has 0 aliphatic carbocycles. The Kier molecular flexibility index (Phi) is 7.31. The second-order valence-electron chi connectivity index (χ2n) is 14.7. The number of aromatic nitrogens is 2. The molecule has 3 aromatic heterocycles. The second-order valence-corrected chi connectivity index (χ2v) is 14.7. The normalized spacial score (nSPS) is 11.7. The lowest BCUT2D eigenvalue weighted by molar-refractivity contribution is 0.659. The molecule has 0 fully saturated rings. The molecular weight excluding hydrogens is 697 g/mol. The smallest absolute Gasteiger partial charge is 0.138 e. The Labute approximate surface area is 327 Å². The molecule has 5 nitrogen and oxygen atoms in total. The van der Waals surface area contributed by atoms with Crippen LogP contribution in [-0.2, 0) is 0 Å². The summed E-state index contributed by atoms with van der Waals surface area (Å²) in [6.45, 7) is 2.15. The number of aryl methyl sites for hydroxylation is 1. The zero-order valence-corrected chi connectivity index (χ0v) is 31.2. The standard InChI is InChI=1S/C39H26N2.C13H10N2O/c1-25-15-17-27(18-16-25)41-35-13-7-5-11-30(35)33-21-19-29-28-23-24-37-38(31(28)20-22-32(29)39(33)41)34-12-6-8-14-36(34)40(37)26-9-3-2-4-10-26;14-9-5-3-7-11-12(9)13(15)8-4-1-2-6-10(8)16-11/h2-24H,1H3;1-7,15H,14H2. The average molecular weight is 733 g/mol. The first-order valence-corrected chi connectivity index (χ1v) is 19.2. The number of nitrogen functional groups attached to an aromatic ring is 1. The first kappa shape index (κ1) is 32.8. The van der Waals surface area contributed by atoms with Gasteiger partial charge in [0.15, 0.2) is 0 Å². The Morgan fingerprint density at radius 2 is 0.965 bits per heavy atom. The quantitative estimate of drug-likeness (QED) is 0.105. The van der Waals surface area contributed by atoms with Gasteiger partial charge in [-0.3, -0.25) is 5.41 Å². The molecule has 12 rings (SSSR count). The van der Waals surface area contributed by atoms with E-state index in [0.29, 0.717) is 27.6 Å². The molecule has 0 saturated heterocycles. The first-order chi connectivity index (χ1) is 28.0. The summed E-state index contributed by atoms with van der Waals surface area (Å²) in [4.78, 5) is 0. The topological polar surface area (TPSA) is 72.9 Å². The monoisotopic (exact) mass is 732 g/mol. The van der Waals surface area contributed by atoms with Gasteiger partial charge in [-0.2, -0.15) is 0 Å². The number of rotatable bonds is 2. The van der Waals surface area contributed by atoms with Gasteiger partial charge in [0.1, 0.15) is 11.2 Å². The van der Waals surface area contributed by atoms with Crippen molar-refractivity contribution in [3.63, 3.8) is 0 Å². The molecule has 270 valence electrons. The fourth-order valence-corrected chi connectivity index (χ4v) is 8.88. The molecule has 0 aliphatic rings. The molecular formula is C52H36N4O. The van der Waals surface area contributed by atoms with Crippen LogP contribution in [0.15, 0.2) is 186 Å². The SMILES string of the molecule is Cc1ccc(-n2c3ccccc3c3ccc4c5ccc6c(c5ccc4c32)c2ccccc2n6-c2ccccc2)cc1.N=c1c2ccccc2oc2cccc(N)c12. The van der Waals surface area contributed by atoms with E-state index in [4.69, 9.17) is 15.6 Å². The van der Waals surface area contributed by atoms with Gasteiger partial charge in [-0.15, -0.1) is 0 Å². The first-order valence-electron chi connectivity index (χ1n) is 19.2. The number of nitrogens with one attached hydrogen (secondary N) is 1. The van der Waals surface area contributed by atoms with E-state index in [1.165, 1.54) is 82.1 Å². The third-order valence-electron chi connectivity index (χ3n) is 11.5. The number of anilines is 1. The predicted octanol–water partition coefficient (Wildman–Crippen LogP) is 13.1. The van der Waals surface area contributed by atoms with Gasteiger partial charge in [-0.05, 0) is 89.8 Å². The van der Waals surface area contributed by atoms with Crippen molar-refractivity contribution in [1.82, 2.24) is 9.13 Å². The number of nitrogens with two attached hydrogens (primary N) is 1. The molecule has 0 spiro atoms. The van der Waals surface area contributed by atoms with E-state index in [-0.39, 0.29) is 0 Å². The molecule has 0 radical (unpaired) electrons. The highest BCUT2D eigenvalue weighted by atomic mass is 16.3. The molecule has 5 heteroatoms. The molecule has 0 unspecified atom stereocenters. The third-order valence-corrected chi connectivity index (χ3v) is 11.5. The predicted molar refractivity (Wildman–Crippen MR) is 239 cm³/mol. The van der Waals surface area contributed by atoms with Crippen LogP contribution >= 0.6 is 0 Å². The maximum absolute atomic E-state index is 8.13. The van der Waals surface area contributed by atoms with Crippen LogP contribution in [0.4, 0.5) is 5.69 Å². The van der Waals surface area contributed by atoms with Gasteiger partial charge >= 0.3 is 0 Å². The van der Waals surface area contributed by atoms with Crippen LogP contribution in [0.5, 0.6) is 0 Å². The van der Waals surface area contributed by atoms with Gasteiger partial charge in [-0.25, -0.2) is 0 Å². The van der Waals surface area contributed by atoms with E-state index in [2.05, 4.69) is 156 Å². The molecule has 3 N–H and O–H groups in total. The van der Waals surface area contributed by atoms with E-state index >= 15 is 0 Å². The van der Waals surface area contributed by atoms with E-state index < -0.39 is 0 Å². The molecule has 0 atom stereocenters. The summed E-state index contributed by atoms with van der Waals surface area (Å²) in [7, 11) is 0. The molecule has 0 saturated carbocycles. The van der Waals surface area contributed by atoms with Crippen LogP contribution in [0.1, 0.15) is 5.56 Å². The van der Waals surface area contributed by atoms with Crippen LogP contribution < -0.4 is 11.1 Å². The summed E-state index contributed by atoms with van der Waals surface area (Å²) in [5.74, 6) is 0. The van der Waals surface area contributed by atoms with Crippen molar-refractivity contribution in [3.8, 4) is 11.4 Å². The van der Waals surface area contributed by atoms with Gasteiger partial charge < -0.3 is 19.3 Å². The van der Waals surface area contributed by atoms with Crippen LogP contribution in [0.25, 0.3) is 98.5 Å². The van der Waals surface area contributed by atoms with Gasteiger partial charge in [0.05, 0.1) is 32.8 Å². The zero-order valence-electron chi connectivity index (χ0n) is 31.2. The minimum atomic E-state index is 0.426. The highest BCUT2D eigenvalue weighted by molar-refractivity contribution is 6.29. The Balaban J connectivity index is 0.000000196. The lowest BCUT2D eigenvalue weighted by Crippen LogP contribution is -2.05. The summed E-state index contributed by atoms with van der Waals surface area (Å²) < 4.78 is 10.5. The van der Waals surface area contributed by atoms with Gasteiger partial charge in [0.2, 0.25) is 0 Å². The van der Waals surface area contributed by atoms with E-state index in [0.717, 1.165) is 5.39 Å². The summed E-state index contributed by atoms with van der Waals surface area (Å²) in [6, 6.07) is 64.1. The summed E-state index contributed by atoms with van der Waals surface area (Å²) >= 11 is 0. The molecule has 9 aromatic carbocycles. The van der Waals surface area contributed by atoms with Crippen LogP contribution in [0.2, 0.25) is 0 Å². The number of nitrogens with zero attached hydrogens (tertiary/aromatic N) is 2. The lowest BCUT2D eigenvalue weighted by Gasteiger charge is -2.12. The number of fused-ring (bicyclic) bond motifs is 13. The zero-order chi connectivity index (χ0) is 38.2. The Bertz CT molecular complexity index is 3610. The van der Waals surface area contributed by atoms with Crippen molar-refractivity contribution in [2.24, 2.45) is 0 Å². The highest BCUT2D eigenvalue weighted by Crippen LogP contribution is 2.42. The average Bonchev–Trinajstić information content (AvgIpc) is 3.78. The number of hydrogen-bond donors (Lipinski definition) is 2. The molecule has 3 heterocycles. The summed E-state index contributed by atoms with van der Waals surface area (Å²) in [5.41, 5.74) is 16.4. The number of benzene rings is 9. The van der Waals surface area contributed by atoms with Crippen LogP contribution in [0.3, 0.4) is 0 Å². The molecule has 0 bridgehead atoms. The fraction of sp³-hybridized carbons (Fsp3) is 0.0192. The molecule has 0 amide bonds. The van der Waals surface area contributed by atoms with E-state index in [1.807, 2.05) is 36.4 Å². The minimum Gasteiger partial charge on any atom is -0.456 e. The Hall–Kier alpha value is -7.63. The largest absolute Gasteiger partial charge is 0.456 e. The summed E-state index contributed by atoms with van der Waals surface area (Å²) in [5, 5.41) is 20.3. The van der Waals surface area contributed by atoms with Crippen molar-refractivity contribution >= 4 is 92.8 Å². The molecule has 57 heavy (non-hydrogen) atoms. The Morgan fingerprint density at radius 1 is 0.404 bits per heavy atom. The van der Waals surface area contributed by atoms with Gasteiger partial charge in [0.25, 0.3) is 0 Å². The maximum Gasteiger partial charge on any atom is 0.138 e.